The highest BCUT2D eigenvalue weighted by Gasteiger charge is 2.12. The molecule has 0 aromatic heterocycles. The van der Waals surface area contributed by atoms with Gasteiger partial charge in [0.15, 0.2) is 0 Å². The fraction of sp³-hybridized carbons (Fsp3) is 0.125. The molecule has 2 aromatic carbocycles. The Morgan fingerprint density at radius 3 is 2.39 bits per heavy atom. The molecule has 2 rings (SSSR count). The van der Waals surface area contributed by atoms with E-state index in [9.17, 15) is 9.59 Å². The highest BCUT2D eigenvalue weighted by atomic mass is 79.9. The largest absolute Gasteiger partial charge is 0.339 e. The summed E-state index contributed by atoms with van der Waals surface area (Å²) in [6.07, 6.45) is 0. The van der Waals surface area contributed by atoms with Gasteiger partial charge in [0.1, 0.15) is 0 Å². The van der Waals surface area contributed by atoms with Crippen LogP contribution in [0.5, 0.6) is 0 Å². The maximum absolute atomic E-state index is 12.3. The summed E-state index contributed by atoms with van der Waals surface area (Å²) in [5.74, 6) is -0.291. The summed E-state index contributed by atoms with van der Waals surface area (Å²) in [7, 11) is 3.40. The van der Waals surface area contributed by atoms with Gasteiger partial charge in [-0.3, -0.25) is 9.59 Å². The third kappa shape index (κ3) is 4.99. The van der Waals surface area contributed by atoms with Gasteiger partial charge in [0.2, 0.25) is 0 Å². The zero-order valence-corrected chi connectivity index (χ0v) is 15.6. The van der Waals surface area contributed by atoms with Gasteiger partial charge in [0, 0.05) is 29.2 Å². The predicted molar refractivity (Wildman–Crippen MR) is 98.5 cm³/mol. The van der Waals surface area contributed by atoms with E-state index in [0.29, 0.717) is 16.3 Å². The van der Waals surface area contributed by atoms with E-state index in [1.165, 1.54) is 4.90 Å². The first-order chi connectivity index (χ1) is 10.9. The number of thioether (sulfide) groups is 1. The Kier molecular flexibility index (Phi) is 6.10. The van der Waals surface area contributed by atoms with Crippen LogP contribution in [0.25, 0.3) is 0 Å². The van der Waals surface area contributed by atoms with E-state index in [1.807, 2.05) is 0 Å². The SMILES string of the molecule is CN(C)C(=O)Sc1ccc(NC(=O)c2cc(Br)ccc2Cl)cc1. The molecule has 1 N–H and O–H groups in total. The molecule has 0 heterocycles. The van der Waals surface area contributed by atoms with E-state index in [-0.39, 0.29) is 11.1 Å². The van der Waals surface area contributed by atoms with Gasteiger partial charge in [-0.05, 0) is 54.2 Å². The van der Waals surface area contributed by atoms with Gasteiger partial charge >= 0.3 is 0 Å². The van der Waals surface area contributed by atoms with Gasteiger partial charge in [-0.25, -0.2) is 0 Å². The van der Waals surface area contributed by atoms with Gasteiger partial charge in [0.25, 0.3) is 11.1 Å². The van der Waals surface area contributed by atoms with E-state index in [4.69, 9.17) is 11.6 Å². The number of hydrogen-bond donors (Lipinski definition) is 1. The highest BCUT2D eigenvalue weighted by Crippen LogP contribution is 2.24. The average molecular weight is 414 g/mol. The Morgan fingerprint density at radius 2 is 1.78 bits per heavy atom. The Bertz CT molecular complexity index is 735. The lowest BCUT2D eigenvalue weighted by molar-refractivity contribution is 0.102. The number of benzene rings is 2. The molecule has 0 unspecified atom stereocenters. The molecular formula is C16H14BrClN2O2S. The fourth-order valence-corrected chi connectivity index (χ4v) is 2.89. The summed E-state index contributed by atoms with van der Waals surface area (Å²) < 4.78 is 0.779. The number of hydrogen-bond acceptors (Lipinski definition) is 3. The molecule has 23 heavy (non-hydrogen) atoms. The maximum Gasteiger partial charge on any atom is 0.285 e. The van der Waals surface area contributed by atoms with Crippen LogP contribution in [0.2, 0.25) is 5.02 Å². The summed E-state index contributed by atoms with van der Waals surface area (Å²) in [5, 5.41) is 3.11. The molecule has 0 atom stereocenters. The lowest BCUT2D eigenvalue weighted by Crippen LogP contribution is -2.16. The smallest absolute Gasteiger partial charge is 0.285 e. The first-order valence-corrected chi connectivity index (χ1v) is 8.61. The minimum absolute atomic E-state index is 0.0531. The summed E-state index contributed by atoms with van der Waals surface area (Å²) in [5.41, 5.74) is 1.02. The van der Waals surface area contributed by atoms with Crippen LogP contribution in [0, 0.1) is 0 Å². The Labute approximate surface area is 152 Å². The van der Waals surface area contributed by atoms with Crippen LogP contribution in [0.4, 0.5) is 10.5 Å². The Morgan fingerprint density at radius 1 is 1.13 bits per heavy atom. The molecule has 4 nitrogen and oxygen atoms in total. The topological polar surface area (TPSA) is 49.4 Å². The molecule has 2 aromatic rings. The summed E-state index contributed by atoms with van der Waals surface area (Å²) in [6.45, 7) is 0. The van der Waals surface area contributed by atoms with E-state index in [0.717, 1.165) is 21.1 Å². The standard InChI is InChI=1S/C16H14BrClN2O2S/c1-20(2)16(22)23-12-6-4-11(5-7-12)19-15(21)13-9-10(17)3-8-14(13)18/h3-9H,1-2H3,(H,19,21). The van der Waals surface area contributed by atoms with Crippen molar-refractivity contribution < 1.29 is 9.59 Å². The minimum atomic E-state index is -0.291. The zero-order valence-electron chi connectivity index (χ0n) is 12.5. The van der Waals surface area contributed by atoms with Crippen molar-refractivity contribution in [2.24, 2.45) is 0 Å². The summed E-state index contributed by atoms with van der Waals surface area (Å²) >= 11 is 10.5. The third-order valence-electron chi connectivity index (χ3n) is 2.86. The van der Waals surface area contributed by atoms with Crippen LogP contribution < -0.4 is 5.32 Å². The first-order valence-electron chi connectivity index (χ1n) is 6.62. The molecule has 0 aliphatic rings. The van der Waals surface area contributed by atoms with Crippen molar-refractivity contribution in [3.8, 4) is 0 Å². The van der Waals surface area contributed by atoms with Crippen LogP contribution in [0.15, 0.2) is 51.8 Å². The number of rotatable bonds is 3. The van der Waals surface area contributed by atoms with Crippen molar-refractivity contribution in [3.63, 3.8) is 0 Å². The van der Waals surface area contributed by atoms with Crippen molar-refractivity contribution in [2.45, 2.75) is 4.90 Å². The van der Waals surface area contributed by atoms with Gasteiger partial charge in [-0.15, -0.1) is 0 Å². The van der Waals surface area contributed by atoms with Crippen LogP contribution in [-0.2, 0) is 0 Å². The molecule has 7 heteroatoms. The second-order valence-electron chi connectivity index (χ2n) is 4.87. The summed E-state index contributed by atoms with van der Waals surface area (Å²) in [6, 6.07) is 12.1. The number of carbonyl (C=O) groups excluding carboxylic acids is 2. The van der Waals surface area contributed by atoms with Crippen molar-refractivity contribution in [1.29, 1.82) is 0 Å². The number of halogens is 2. The quantitative estimate of drug-likeness (QED) is 0.710. The van der Waals surface area contributed by atoms with Crippen LogP contribution in [0.3, 0.4) is 0 Å². The number of nitrogens with one attached hydrogen (secondary N) is 1. The fourth-order valence-electron chi connectivity index (χ4n) is 1.67. The van der Waals surface area contributed by atoms with Gasteiger partial charge in [-0.1, -0.05) is 27.5 Å². The van der Waals surface area contributed by atoms with Crippen LogP contribution >= 0.6 is 39.3 Å². The number of amides is 2. The van der Waals surface area contributed by atoms with Gasteiger partial charge in [0.05, 0.1) is 10.6 Å². The molecular weight excluding hydrogens is 400 g/mol. The van der Waals surface area contributed by atoms with Crippen molar-refractivity contribution in [2.75, 3.05) is 19.4 Å². The van der Waals surface area contributed by atoms with Crippen molar-refractivity contribution in [3.05, 3.63) is 57.5 Å². The van der Waals surface area contributed by atoms with Crippen LogP contribution in [0.1, 0.15) is 10.4 Å². The zero-order chi connectivity index (χ0) is 17.0. The Hall–Kier alpha value is -1.50. The lowest BCUT2D eigenvalue weighted by atomic mass is 10.2. The molecule has 0 aliphatic heterocycles. The van der Waals surface area contributed by atoms with E-state index >= 15 is 0 Å². The minimum Gasteiger partial charge on any atom is -0.339 e. The molecule has 0 bridgehead atoms. The monoisotopic (exact) mass is 412 g/mol. The second kappa shape index (κ2) is 7.86. The molecule has 0 fully saturated rings. The van der Waals surface area contributed by atoms with Crippen molar-refractivity contribution >= 4 is 56.1 Å². The third-order valence-corrected chi connectivity index (χ3v) is 4.73. The van der Waals surface area contributed by atoms with Gasteiger partial charge < -0.3 is 10.2 Å². The molecule has 120 valence electrons. The molecule has 2 amide bonds. The van der Waals surface area contributed by atoms with E-state index < -0.39 is 0 Å². The predicted octanol–water partition coefficient (Wildman–Crippen LogP) is 5.13. The second-order valence-corrected chi connectivity index (χ2v) is 7.21. The lowest BCUT2D eigenvalue weighted by Gasteiger charge is -2.10. The summed E-state index contributed by atoms with van der Waals surface area (Å²) in [4.78, 5) is 26.2. The maximum atomic E-state index is 12.3. The number of carbonyl (C=O) groups is 2. The van der Waals surface area contributed by atoms with Gasteiger partial charge in [-0.2, -0.15) is 0 Å². The molecule has 0 saturated carbocycles. The molecule has 0 saturated heterocycles. The normalized spacial score (nSPS) is 10.3. The van der Waals surface area contributed by atoms with E-state index in [1.54, 1.807) is 56.6 Å². The van der Waals surface area contributed by atoms with Crippen LogP contribution in [-0.4, -0.2) is 30.1 Å². The first kappa shape index (κ1) is 17.8. The number of anilines is 1. The highest BCUT2D eigenvalue weighted by molar-refractivity contribution is 9.10. The molecule has 0 aliphatic carbocycles. The average Bonchev–Trinajstić information content (AvgIpc) is 2.51. The van der Waals surface area contributed by atoms with E-state index in [2.05, 4.69) is 21.2 Å². The molecule has 0 spiro atoms. The van der Waals surface area contributed by atoms with Crippen molar-refractivity contribution in [1.82, 2.24) is 4.90 Å². The Balaban J connectivity index is 2.07. The number of nitrogens with zero attached hydrogens (tertiary/aromatic N) is 1. The molecule has 0 radical (unpaired) electrons.